The smallest absolute Gasteiger partial charge is 0.193 e. The molecule has 0 fully saturated rings. The van der Waals surface area contributed by atoms with Crippen LogP contribution in [0.15, 0.2) is 23.2 Å². The summed E-state index contributed by atoms with van der Waals surface area (Å²) < 4.78 is 0. The Morgan fingerprint density at radius 3 is 2.42 bits per heavy atom. The van der Waals surface area contributed by atoms with Gasteiger partial charge in [0.2, 0.25) is 0 Å². The lowest BCUT2D eigenvalue weighted by atomic mass is 10.1. The fourth-order valence-electron chi connectivity index (χ4n) is 1.43. The van der Waals surface area contributed by atoms with Crippen molar-refractivity contribution in [2.45, 2.75) is 33.2 Å². The fourth-order valence-corrected chi connectivity index (χ4v) is 1.43. The zero-order valence-corrected chi connectivity index (χ0v) is 12.9. The number of guanidine groups is 1. The van der Waals surface area contributed by atoms with Crippen LogP contribution in [0.1, 0.15) is 25.0 Å². The number of likely N-dealkylation sites (N-methyl/N-ethyl adjacent to an activating group) is 1. The Bertz CT molecular complexity index is 461. The number of hydrogen-bond acceptors (Lipinski definition) is 2. The monoisotopic (exact) mass is 262 g/mol. The van der Waals surface area contributed by atoms with Crippen LogP contribution in [0.3, 0.4) is 0 Å². The number of aryl methyl sites for hydroxylation is 2. The summed E-state index contributed by atoms with van der Waals surface area (Å²) in [6.07, 6.45) is 0. The van der Waals surface area contributed by atoms with Gasteiger partial charge in [-0.3, -0.25) is 4.99 Å². The van der Waals surface area contributed by atoms with Gasteiger partial charge in [0.25, 0.3) is 0 Å². The van der Waals surface area contributed by atoms with Crippen molar-refractivity contribution in [1.82, 2.24) is 4.90 Å². The van der Waals surface area contributed by atoms with E-state index in [-0.39, 0.29) is 5.54 Å². The van der Waals surface area contributed by atoms with Crippen LogP contribution in [0.2, 0.25) is 0 Å². The van der Waals surface area contributed by atoms with E-state index < -0.39 is 0 Å². The van der Waals surface area contributed by atoms with Crippen molar-refractivity contribution in [1.29, 1.82) is 0 Å². The van der Waals surface area contributed by atoms with Gasteiger partial charge in [0.05, 0.1) is 6.54 Å². The molecule has 0 saturated heterocycles. The molecule has 0 aliphatic heterocycles. The first kappa shape index (κ1) is 15.5. The lowest BCUT2D eigenvalue weighted by molar-refractivity contribution is 0.205. The van der Waals surface area contributed by atoms with E-state index in [0.717, 1.165) is 5.69 Å². The summed E-state index contributed by atoms with van der Waals surface area (Å²) in [5.41, 5.74) is 9.41. The number of nitrogens with two attached hydrogens (primary N) is 1. The molecule has 1 aromatic carbocycles. The van der Waals surface area contributed by atoms with E-state index in [1.165, 1.54) is 11.1 Å². The van der Waals surface area contributed by atoms with Gasteiger partial charge in [-0.05, 0) is 65.0 Å². The van der Waals surface area contributed by atoms with E-state index in [1.807, 2.05) is 20.2 Å². The maximum atomic E-state index is 5.92. The molecule has 3 N–H and O–H groups in total. The van der Waals surface area contributed by atoms with Crippen LogP contribution in [0.4, 0.5) is 5.69 Å². The quantitative estimate of drug-likeness (QED) is 0.647. The van der Waals surface area contributed by atoms with Crippen LogP contribution in [-0.2, 0) is 0 Å². The first-order valence-electron chi connectivity index (χ1n) is 6.54. The second-order valence-corrected chi connectivity index (χ2v) is 5.83. The number of anilines is 1. The summed E-state index contributed by atoms with van der Waals surface area (Å²) in [5, 5.41) is 3.13. The minimum absolute atomic E-state index is 0.00447. The Morgan fingerprint density at radius 1 is 1.26 bits per heavy atom. The average molecular weight is 262 g/mol. The molecule has 4 heteroatoms. The van der Waals surface area contributed by atoms with Crippen LogP contribution in [0, 0.1) is 13.8 Å². The third-order valence-electron chi connectivity index (χ3n) is 3.63. The molecule has 19 heavy (non-hydrogen) atoms. The van der Waals surface area contributed by atoms with Crippen molar-refractivity contribution >= 4 is 11.6 Å². The van der Waals surface area contributed by atoms with Crippen LogP contribution in [0.5, 0.6) is 0 Å². The van der Waals surface area contributed by atoms with Gasteiger partial charge >= 0.3 is 0 Å². The number of aliphatic imine (C=N–C) groups is 1. The van der Waals surface area contributed by atoms with Crippen molar-refractivity contribution in [2.24, 2.45) is 10.7 Å². The van der Waals surface area contributed by atoms with E-state index in [0.29, 0.717) is 12.5 Å². The van der Waals surface area contributed by atoms with Crippen LogP contribution in [0.25, 0.3) is 0 Å². The molecule has 106 valence electrons. The van der Waals surface area contributed by atoms with Crippen LogP contribution >= 0.6 is 0 Å². The Balaban J connectivity index is 2.69. The van der Waals surface area contributed by atoms with Gasteiger partial charge in [-0.15, -0.1) is 0 Å². The maximum absolute atomic E-state index is 5.92. The molecule has 0 atom stereocenters. The molecule has 4 nitrogen and oxygen atoms in total. The highest BCUT2D eigenvalue weighted by Crippen LogP contribution is 2.14. The molecule has 1 aromatic rings. The third-order valence-corrected chi connectivity index (χ3v) is 3.63. The molecule has 0 unspecified atom stereocenters. The highest BCUT2D eigenvalue weighted by atomic mass is 15.2. The summed E-state index contributed by atoms with van der Waals surface area (Å²) in [7, 11) is 4.09. The Hall–Kier alpha value is -1.55. The largest absolute Gasteiger partial charge is 0.370 e. The molecule has 1 rings (SSSR count). The summed E-state index contributed by atoms with van der Waals surface area (Å²) in [6, 6.07) is 6.17. The number of nitrogens with one attached hydrogen (secondary N) is 1. The van der Waals surface area contributed by atoms with Crippen LogP contribution in [-0.4, -0.2) is 37.0 Å². The molecular weight excluding hydrogens is 236 g/mol. The number of benzene rings is 1. The molecule has 0 spiro atoms. The summed E-state index contributed by atoms with van der Waals surface area (Å²) >= 11 is 0. The van der Waals surface area contributed by atoms with E-state index >= 15 is 0 Å². The van der Waals surface area contributed by atoms with Crippen molar-refractivity contribution in [3.8, 4) is 0 Å². The standard InChI is InChI=1S/C15H26N4/c1-11-7-8-13(9-12(11)2)18-14(16)17-10-15(3,4)19(5)6/h7-9H,10H2,1-6H3,(H3,16,17,18). The maximum Gasteiger partial charge on any atom is 0.193 e. The molecule has 0 heterocycles. The highest BCUT2D eigenvalue weighted by molar-refractivity contribution is 5.92. The summed E-state index contributed by atoms with van der Waals surface area (Å²) in [5.74, 6) is 0.457. The minimum atomic E-state index is -0.00447. The second kappa shape index (κ2) is 6.06. The Morgan fingerprint density at radius 2 is 1.89 bits per heavy atom. The zero-order valence-electron chi connectivity index (χ0n) is 12.9. The molecule has 0 bridgehead atoms. The molecule has 0 saturated carbocycles. The molecule has 0 aliphatic rings. The van der Waals surface area contributed by atoms with Gasteiger partial charge in [-0.2, -0.15) is 0 Å². The Labute approximate surface area is 116 Å². The fraction of sp³-hybridized carbons (Fsp3) is 0.533. The normalized spacial score (nSPS) is 12.9. The molecule has 0 amide bonds. The predicted octanol–water partition coefficient (Wildman–Crippen LogP) is 2.37. The van der Waals surface area contributed by atoms with Gasteiger partial charge in [-0.1, -0.05) is 6.07 Å². The predicted molar refractivity (Wildman–Crippen MR) is 83.8 cm³/mol. The van der Waals surface area contributed by atoms with Gasteiger partial charge in [0.1, 0.15) is 0 Å². The Kier molecular flexibility index (Phi) is 4.95. The van der Waals surface area contributed by atoms with Crippen molar-refractivity contribution in [3.63, 3.8) is 0 Å². The van der Waals surface area contributed by atoms with Crippen molar-refractivity contribution < 1.29 is 0 Å². The van der Waals surface area contributed by atoms with Crippen LogP contribution < -0.4 is 11.1 Å². The molecule has 0 radical (unpaired) electrons. The number of rotatable bonds is 4. The second-order valence-electron chi connectivity index (χ2n) is 5.83. The lowest BCUT2D eigenvalue weighted by Crippen LogP contribution is -2.41. The first-order chi connectivity index (χ1) is 8.72. The van der Waals surface area contributed by atoms with Gasteiger partial charge in [-0.25, -0.2) is 0 Å². The number of nitrogens with zero attached hydrogens (tertiary/aromatic N) is 2. The van der Waals surface area contributed by atoms with E-state index in [2.05, 4.69) is 55.0 Å². The van der Waals surface area contributed by atoms with Crippen molar-refractivity contribution in [3.05, 3.63) is 29.3 Å². The van der Waals surface area contributed by atoms with Gasteiger partial charge in [0, 0.05) is 11.2 Å². The topological polar surface area (TPSA) is 53.6 Å². The third kappa shape index (κ3) is 4.56. The summed E-state index contributed by atoms with van der Waals surface area (Å²) in [6.45, 7) is 9.11. The SMILES string of the molecule is Cc1ccc(NC(N)=NCC(C)(C)N(C)C)cc1C. The molecule has 0 aliphatic carbocycles. The lowest BCUT2D eigenvalue weighted by Gasteiger charge is -2.30. The van der Waals surface area contributed by atoms with Gasteiger partial charge < -0.3 is 16.0 Å². The minimum Gasteiger partial charge on any atom is -0.370 e. The van der Waals surface area contributed by atoms with E-state index in [1.54, 1.807) is 0 Å². The molecule has 0 aromatic heterocycles. The van der Waals surface area contributed by atoms with E-state index in [9.17, 15) is 0 Å². The zero-order chi connectivity index (χ0) is 14.6. The molecular formula is C15H26N4. The van der Waals surface area contributed by atoms with E-state index in [4.69, 9.17) is 5.73 Å². The number of hydrogen-bond donors (Lipinski definition) is 2. The van der Waals surface area contributed by atoms with Gasteiger partial charge in [0.15, 0.2) is 5.96 Å². The summed E-state index contributed by atoms with van der Waals surface area (Å²) in [4.78, 5) is 6.54. The first-order valence-corrected chi connectivity index (χ1v) is 6.54. The highest BCUT2D eigenvalue weighted by Gasteiger charge is 2.19. The average Bonchev–Trinajstić information content (AvgIpc) is 2.31. The van der Waals surface area contributed by atoms with Crippen molar-refractivity contribution in [2.75, 3.05) is 26.0 Å².